The molecule has 1 N–H and O–H groups in total. The van der Waals surface area contributed by atoms with Crippen LogP contribution in [0.3, 0.4) is 0 Å². The van der Waals surface area contributed by atoms with Gasteiger partial charge in [0.05, 0.1) is 5.56 Å². The maximum absolute atomic E-state index is 13.6. The smallest absolute Gasteiger partial charge is 0.337 e. The molecule has 2 aliphatic rings. The van der Waals surface area contributed by atoms with Crippen molar-refractivity contribution < 1.29 is 22.4 Å². The van der Waals surface area contributed by atoms with Gasteiger partial charge in [-0.05, 0) is 55.9 Å². The number of hydrogen-bond donors (Lipinski definition) is 1. The second-order valence-electron chi connectivity index (χ2n) is 8.06. The van der Waals surface area contributed by atoms with Gasteiger partial charge in [0.25, 0.3) is 5.91 Å². The van der Waals surface area contributed by atoms with Crippen LogP contribution in [-0.2, 0) is 32.6 Å². The van der Waals surface area contributed by atoms with Crippen molar-refractivity contribution in [3.05, 3.63) is 52.1 Å². The van der Waals surface area contributed by atoms with Crippen molar-refractivity contribution in [1.82, 2.24) is 20.0 Å². The molecular formula is C21H24F4N4O. The summed E-state index contributed by atoms with van der Waals surface area (Å²) in [5.41, 5.74) is 1.67. The molecule has 5 nitrogen and oxygen atoms in total. The topological polar surface area (TPSA) is 50.2 Å². The molecular weight excluding hydrogens is 400 g/mol. The fourth-order valence-electron chi connectivity index (χ4n) is 4.38. The normalized spacial score (nSPS) is 19.2. The zero-order chi connectivity index (χ0) is 21.5. The van der Waals surface area contributed by atoms with Gasteiger partial charge in [0.15, 0.2) is 5.69 Å². The zero-order valence-corrected chi connectivity index (χ0v) is 16.7. The molecule has 1 aliphatic heterocycles. The Balaban J connectivity index is 1.47. The average Bonchev–Trinajstić information content (AvgIpc) is 3.33. The molecule has 1 aliphatic carbocycles. The molecule has 0 radical (unpaired) electrons. The van der Waals surface area contributed by atoms with E-state index in [1.807, 2.05) is 11.9 Å². The number of benzene rings is 1. The number of amides is 1. The van der Waals surface area contributed by atoms with E-state index in [0.29, 0.717) is 18.2 Å². The largest absolute Gasteiger partial charge is 0.416 e. The lowest BCUT2D eigenvalue weighted by atomic mass is 9.91. The van der Waals surface area contributed by atoms with Gasteiger partial charge in [-0.25, -0.2) is 4.39 Å². The quantitative estimate of drug-likeness (QED) is 0.765. The van der Waals surface area contributed by atoms with Crippen molar-refractivity contribution in [2.24, 2.45) is 7.05 Å². The Morgan fingerprint density at radius 1 is 1.23 bits per heavy atom. The second-order valence-corrected chi connectivity index (χ2v) is 8.06. The van der Waals surface area contributed by atoms with Gasteiger partial charge in [-0.2, -0.15) is 18.3 Å². The fourth-order valence-corrected chi connectivity index (χ4v) is 4.38. The fraction of sp³-hybridized carbons (Fsp3) is 0.524. The monoisotopic (exact) mass is 424 g/mol. The zero-order valence-electron chi connectivity index (χ0n) is 16.7. The summed E-state index contributed by atoms with van der Waals surface area (Å²) < 4.78 is 54.2. The molecule has 1 saturated heterocycles. The molecule has 2 aromatic rings. The molecule has 0 saturated carbocycles. The van der Waals surface area contributed by atoms with E-state index in [9.17, 15) is 22.4 Å². The standard InChI is InChI=1S/C21H24F4N4O/c1-28-18-5-4-16(11-17(18)19(27-28)20(30)29-6-2-3-7-29)26-12-13-8-14(21(23,24)25)10-15(22)9-13/h8-10,16,26H,2-7,11-12H2,1H3. The van der Waals surface area contributed by atoms with Gasteiger partial charge in [0, 0.05) is 44.0 Å². The third-order valence-corrected chi connectivity index (χ3v) is 5.93. The van der Waals surface area contributed by atoms with E-state index in [4.69, 9.17) is 0 Å². The molecule has 1 fully saturated rings. The Morgan fingerprint density at radius 2 is 1.97 bits per heavy atom. The minimum atomic E-state index is -4.59. The highest BCUT2D eigenvalue weighted by molar-refractivity contribution is 5.94. The van der Waals surface area contributed by atoms with Crippen LogP contribution in [0, 0.1) is 5.82 Å². The molecule has 162 valence electrons. The van der Waals surface area contributed by atoms with Crippen LogP contribution in [0.15, 0.2) is 18.2 Å². The number of likely N-dealkylation sites (tertiary alicyclic amines) is 1. The van der Waals surface area contributed by atoms with Crippen molar-refractivity contribution in [2.75, 3.05) is 13.1 Å². The van der Waals surface area contributed by atoms with E-state index in [0.717, 1.165) is 62.2 Å². The lowest BCUT2D eigenvalue weighted by Crippen LogP contribution is -2.35. The van der Waals surface area contributed by atoms with Crippen LogP contribution >= 0.6 is 0 Å². The van der Waals surface area contributed by atoms with Gasteiger partial charge in [0.1, 0.15) is 5.82 Å². The van der Waals surface area contributed by atoms with Crippen molar-refractivity contribution in [1.29, 1.82) is 0 Å². The van der Waals surface area contributed by atoms with Gasteiger partial charge in [-0.3, -0.25) is 9.48 Å². The SMILES string of the molecule is Cn1nc(C(=O)N2CCCC2)c2c1CCC(NCc1cc(F)cc(C(F)(F)F)c1)C2. The molecule has 2 heterocycles. The second kappa shape index (κ2) is 8.02. The summed E-state index contributed by atoms with van der Waals surface area (Å²) in [6.07, 6.45) is -0.528. The number of aromatic nitrogens is 2. The van der Waals surface area contributed by atoms with E-state index < -0.39 is 17.6 Å². The van der Waals surface area contributed by atoms with E-state index in [2.05, 4.69) is 10.4 Å². The highest BCUT2D eigenvalue weighted by Gasteiger charge is 2.32. The third kappa shape index (κ3) is 4.21. The Hall–Kier alpha value is -2.42. The first-order valence-electron chi connectivity index (χ1n) is 10.2. The molecule has 1 atom stereocenters. The summed E-state index contributed by atoms with van der Waals surface area (Å²) in [6.45, 7) is 1.61. The van der Waals surface area contributed by atoms with Crippen LogP contribution in [0.5, 0.6) is 0 Å². The van der Waals surface area contributed by atoms with Gasteiger partial charge < -0.3 is 10.2 Å². The summed E-state index contributed by atoms with van der Waals surface area (Å²) in [5, 5.41) is 7.70. The summed E-state index contributed by atoms with van der Waals surface area (Å²) in [7, 11) is 1.83. The number of aryl methyl sites for hydroxylation is 1. The average molecular weight is 424 g/mol. The molecule has 4 rings (SSSR count). The van der Waals surface area contributed by atoms with Crippen molar-refractivity contribution >= 4 is 5.91 Å². The Kier molecular flexibility index (Phi) is 5.57. The molecule has 1 aromatic heterocycles. The number of nitrogens with one attached hydrogen (secondary N) is 1. The number of alkyl halides is 3. The minimum Gasteiger partial charge on any atom is -0.337 e. The van der Waals surface area contributed by atoms with E-state index in [-0.39, 0.29) is 24.1 Å². The van der Waals surface area contributed by atoms with Gasteiger partial charge in [-0.15, -0.1) is 0 Å². The van der Waals surface area contributed by atoms with Crippen LogP contribution in [0.2, 0.25) is 0 Å². The van der Waals surface area contributed by atoms with E-state index in [1.54, 1.807) is 4.68 Å². The number of hydrogen-bond acceptors (Lipinski definition) is 3. The van der Waals surface area contributed by atoms with Crippen LogP contribution in [0.1, 0.15) is 52.1 Å². The number of carbonyl (C=O) groups is 1. The summed E-state index contributed by atoms with van der Waals surface area (Å²) in [4.78, 5) is 14.7. The Morgan fingerprint density at radius 3 is 2.67 bits per heavy atom. The highest BCUT2D eigenvalue weighted by Crippen LogP contribution is 2.31. The number of halogens is 4. The highest BCUT2D eigenvalue weighted by atomic mass is 19.4. The van der Waals surface area contributed by atoms with Gasteiger partial charge >= 0.3 is 6.18 Å². The van der Waals surface area contributed by atoms with Crippen LogP contribution in [0.4, 0.5) is 17.6 Å². The molecule has 1 amide bonds. The van der Waals surface area contributed by atoms with Crippen molar-refractivity contribution in [3.63, 3.8) is 0 Å². The molecule has 30 heavy (non-hydrogen) atoms. The summed E-state index contributed by atoms with van der Waals surface area (Å²) in [5.74, 6) is -0.955. The third-order valence-electron chi connectivity index (χ3n) is 5.93. The number of rotatable bonds is 4. The molecule has 1 unspecified atom stereocenters. The predicted octanol–water partition coefficient (Wildman–Crippen LogP) is 3.46. The maximum Gasteiger partial charge on any atom is 0.416 e. The summed E-state index contributed by atoms with van der Waals surface area (Å²) in [6, 6.07) is 2.56. The number of carbonyl (C=O) groups excluding carboxylic acids is 1. The number of fused-ring (bicyclic) bond motifs is 1. The first-order valence-corrected chi connectivity index (χ1v) is 10.2. The lowest BCUT2D eigenvalue weighted by molar-refractivity contribution is -0.137. The molecule has 0 bridgehead atoms. The predicted molar refractivity (Wildman–Crippen MR) is 102 cm³/mol. The number of nitrogens with zero attached hydrogens (tertiary/aromatic N) is 3. The first kappa shape index (κ1) is 20.8. The Labute approximate surface area is 172 Å². The molecule has 0 spiro atoms. The minimum absolute atomic E-state index is 0.0237. The first-order chi connectivity index (χ1) is 14.2. The van der Waals surface area contributed by atoms with Crippen LogP contribution in [0.25, 0.3) is 0 Å². The van der Waals surface area contributed by atoms with E-state index in [1.165, 1.54) is 0 Å². The van der Waals surface area contributed by atoms with Crippen molar-refractivity contribution in [2.45, 2.75) is 50.9 Å². The van der Waals surface area contributed by atoms with Crippen molar-refractivity contribution in [3.8, 4) is 0 Å². The van der Waals surface area contributed by atoms with Crippen LogP contribution in [-0.4, -0.2) is 39.7 Å². The molecule has 1 aromatic carbocycles. The van der Waals surface area contributed by atoms with Gasteiger partial charge in [-0.1, -0.05) is 0 Å². The van der Waals surface area contributed by atoms with Crippen LogP contribution < -0.4 is 5.32 Å². The molecule has 9 heteroatoms. The van der Waals surface area contributed by atoms with Gasteiger partial charge in [0.2, 0.25) is 0 Å². The lowest BCUT2D eigenvalue weighted by Gasteiger charge is -2.25. The summed E-state index contributed by atoms with van der Waals surface area (Å²) >= 11 is 0. The maximum atomic E-state index is 13.6. The van der Waals surface area contributed by atoms with E-state index >= 15 is 0 Å². The Bertz CT molecular complexity index is 947.